The molecule has 0 aromatic rings. The molecule has 0 fully saturated rings. The standard InChI is InChI=1S/C19H36O2/c1-2-3-4-5-6-7-8-9-10-11-12-13-14-15-16-17-18-19(20)21/h9-10H,2-8,11-18H2,1H3,(H,20,21)/p-1/b10-9+. The van der Waals surface area contributed by atoms with Crippen molar-refractivity contribution in [3.63, 3.8) is 0 Å². The third-order valence-electron chi connectivity index (χ3n) is 3.89. The molecule has 0 N–H and O–H groups in total. The molecular formula is C19H35O2-. The quantitative estimate of drug-likeness (QED) is 0.291. The van der Waals surface area contributed by atoms with Gasteiger partial charge in [-0.1, -0.05) is 76.9 Å². The van der Waals surface area contributed by atoms with Crippen molar-refractivity contribution in [2.24, 2.45) is 0 Å². The molecule has 0 aliphatic rings. The largest absolute Gasteiger partial charge is 0.550 e. The molecule has 0 aromatic heterocycles. The highest BCUT2D eigenvalue weighted by molar-refractivity contribution is 5.63. The van der Waals surface area contributed by atoms with Gasteiger partial charge in [0, 0.05) is 5.97 Å². The summed E-state index contributed by atoms with van der Waals surface area (Å²) in [5.41, 5.74) is 0. The summed E-state index contributed by atoms with van der Waals surface area (Å²) >= 11 is 0. The molecule has 2 heteroatoms. The summed E-state index contributed by atoms with van der Waals surface area (Å²) in [6.07, 6.45) is 22.4. The number of carboxylic acids is 1. The fourth-order valence-electron chi connectivity index (χ4n) is 2.52. The molecule has 21 heavy (non-hydrogen) atoms. The van der Waals surface area contributed by atoms with Crippen LogP contribution >= 0.6 is 0 Å². The molecule has 0 rings (SSSR count). The molecule has 124 valence electrons. The summed E-state index contributed by atoms with van der Waals surface area (Å²) in [4.78, 5) is 10.2. The molecule has 0 bridgehead atoms. The fourth-order valence-corrected chi connectivity index (χ4v) is 2.52. The molecule has 2 nitrogen and oxygen atoms in total. The van der Waals surface area contributed by atoms with Gasteiger partial charge in [-0.2, -0.15) is 0 Å². The molecule has 0 unspecified atom stereocenters. The third-order valence-corrected chi connectivity index (χ3v) is 3.89. The highest BCUT2D eigenvalue weighted by Crippen LogP contribution is 2.10. The first-order chi connectivity index (χ1) is 10.3. The number of allylic oxidation sites excluding steroid dienone is 2. The lowest BCUT2D eigenvalue weighted by Crippen LogP contribution is -2.21. The molecular weight excluding hydrogens is 260 g/mol. The van der Waals surface area contributed by atoms with E-state index in [2.05, 4.69) is 19.1 Å². The fraction of sp³-hybridized carbons (Fsp3) is 0.842. The average Bonchev–Trinajstić information content (AvgIpc) is 2.46. The Morgan fingerprint density at radius 2 is 1.14 bits per heavy atom. The smallest absolute Gasteiger partial charge is 0.0414 e. The lowest BCUT2D eigenvalue weighted by atomic mass is 10.1. The minimum absolute atomic E-state index is 0.223. The first-order valence-electron chi connectivity index (χ1n) is 9.12. The van der Waals surface area contributed by atoms with Crippen molar-refractivity contribution < 1.29 is 9.90 Å². The van der Waals surface area contributed by atoms with Crippen LogP contribution in [0.25, 0.3) is 0 Å². The van der Waals surface area contributed by atoms with Gasteiger partial charge in [0.1, 0.15) is 0 Å². The molecule has 0 aliphatic heterocycles. The molecule has 0 aliphatic carbocycles. The number of aliphatic carboxylic acids is 1. The summed E-state index contributed by atoms with van der Waals surface area (Å²) in [5.74, 6) is -0.912. The van der Waals surface area contributed by atoms with Crippen molar-refractivity contribution in [2.45, 2.75) is 103 Å². The van der Waals surface area contributed by atoms with Gasteiger partial charge in [0.25, 0.3) is 0 Å². The second-order valence-corrected chi connectivity index (χ2v) is 6.06. The van der Waals surface area contributed by atoms with E-state index in [1.807, 2.05) is 0 Å². The highest BCUT2D eigenvalue weighted by atomic mass is 16.4. The van der Waals surface area contributed by atoms with Crippen LogP contribution in [0.5, 0.6) is 0 Å². The zero-order valence-electron chi connectivity index (χ0n) is 14.1. The average molecular weight is 295 g/mol. The van der Waals surface area contributed by atoms with Crippen LogP contribution in [0.3, 0.4) is 0 Å². The first-order valence-corrected chi connectivity index (χ1v) is 9.12. The maximum atomic E-state index is 10.2. The van der Waals surface area contributed by atoms with E-state index in [1.54, 1.807) is 0 Å². The van der Waals surface area contributed by atoms with Crippen LogP contribution in [0.2, 0.25) is 0 Å². The van der Waals surface area contributed by atoms with Crippen molar-refractivity contribution in [3.05, 3.63) is 12.2 Å². The van der Waals surface area contributed by atoms with Gasteiger partial charge in [-0.05, 0) is 38.5 Å². The van der Waals surface area contributed by atoms with Gasteiger partial charge < -0.3 is 9.90 Å². The van der Waals surface area contributed by atoms with Crippen molar-refractivity contribution >= 4 is 5.97 Å². The summed E-state index contributed by atoms with van der Waals surface area (Å²) in [7, 11) is 0. The molecule has 0 heterocycles. The van der Waals surface area contributed by atoms with Crippen LogP contribution in [0, 0.1) is 0 Å². The Bertz CT molecular complexity index is 246. The zero-order chi connectivity index (χ0) is 15.6. The summed E-state index contributed by atoms with van der Waals surface area (Å²) in [5, 5.41) is 10.2. The predicted molar refractivity (Wildman–Crippen MR) is 89.1 cm³/mol. The van der Waals surface area contributed by atoms with Gasteiger partial charge in [0.05, 0.1) is 0 Å². The van der Waals surface area contributed by atoms with Crippen LogP contribution in [0.1, 0.15) is 103 Å². The number of hydrogen-bond acceptors (Lipinski definition) is 2. The van der Waals surface area contributed by atoms with Gasteiger partial charge in [0.2, 0.25) is 0 Å². The van der Waals surface area contributed by atoms with Crippen LogP contribution < -0.4 is 5.11 Å². The molecule has 0 amide bonds. The van der Waals surface area contributed by atoms with E-state index in [0.717, 1.165) is 19.3 Å². The van der Waals surface area contributed by atoms with Gasteiger partial charge >= 0.3 is 0 Å². The van der Waals surface area contributed by atoms with E-state index in [-0.39, 0.29) is 6.42 Å². The first kappa shape index (κ1) is 20.2. The molecule has 0 aromatic carbocycles. The second-order valence-electron chi connectivity index (χ2n) is 6.06. The van der Waals surface area contributed by atoms with Crippen molar-refractivity contribution in [2.75, 3.05) is 0 Å². The normalized spacial score (nSPS) is 11.3. The number of carbonyl (C=O) groups excluding carboxylic acids is 1. The van der Waals surface area contributed by atoms with E-state index >= 15 is 0 Å². The molecule has 0 atom stereocenters. The van der Waals surface area contributed by atoms with Crippen molar-refractivity contribution in [1.82, 2.24) is 0 Å². The topological polar surface area (TPSA) is 40.1 Å². The van der Waals surface area contributed by atoms with Crippen molar-refractivity contribution in [3.8, 4) is 0 Å². The van der Waals surface area contributed by atoms with Gasteiger partial charge in [-0.15, -0.1) is 0 Å². The SMILES string of the molecule is CCCCCCCC/C=C/CCCCCCCCC(=O)[O-]. The van der Waals surface area contributed by atoms with E-state index in [0.29, 0.717) is 0 Å². The molecule has 0 radical (unpaired) electrons. The van der Waals surface area contributed by atoms with Gasteiger partial charge in [0.15, 0.2) is 0 Å². The monoisotopic (exact) mass is 295 g/mol. The van der Waals surface area contributed by atoms with Crippen LogP contribution in [0.15, 0.2) is 12.2 Å². The Labute approximate surface area is 132 Å². The summed E-state index contributed by atoms with van der Waals surface area (Å²) < 4.78 is 0. The Hall–Kier alpha value is -0.790. The van der Waals surface area contributed by atoms with E-state index < -0.39 is 5.97 Å². The minimum atomic E-state index is -0.912. The lowest BCUT2D eigenvalue weighted by Gasteiger charge is -2.02. The maximum Gasteiger partial charge on any atom is 0.0414 e. The van der Waals surface area contributed by atoms with Crippen LogP contribution in [-0.2, 0) is 4.79 Å². The van der Waals surface area contributed by atoms with Gasteiger partial charge in [-0.25, -0.2) is 0 Å². The summed E-state index contributed by atoms with van der Waals surface area (Å²) in [6.45, 7) is 2.26. The number of carboxylic acid groups (broad SMARTS) is 1. The Balaban J connectivity index is 3.07. The van der Waals surface area contributed by atoms with Crippen LogP contribution in [0.4, 0.5) is 0 Å². The third kappa shape index (κ3) is 19.2. The number of carbonyl (C=O) groups is 1. The summed E-state index contributed by atoms with van der Waals surface area (Å²) in [6, 6.07) is 0. The lowest BCUT2D eigenvalue weighted by molar-refractivity contribution is -0.305. The van der Waals surface area contributed by atoms with Crippen LogP contribution in [-0.4, -0.2) is 5.97 Å². The second kappa shape index (κ2) is 17.3. The molecule has 0 saturated heterocycles. The number of rotatable bonds is 16. The molecule has 0 saturated carbocycles. The highest BCUT2D eigenvalue weighted by Gasteiger charge is 1.92. The van der Waals surface area contributed by atoms with Crippen molar-refractivity contribution in [1.29, 1.82) is 0 Å². The van der Waals surface area contributed by atoms with Gasteiger partial charge in [-0.3, -0.25) is 0 Å². The zero-order valence-corrected chi connectivity index (χ0v) is 14.1. The predicted octanol–water partition coefficient (Wildman–Crippen LogP) is 5.16. The molecule has 0 spiro atoms. The minimum Gasteiger partial charge on any atom is -0.550 e. The number of hydrogen-bond donors (Lipinski definition) is 0. The Kier molecular flexibility index (Phi) is 16.6. The van der Waals surface area contributed by atoms with E-state index in [4.69, 9.17) is 0 Å². The number of unbranched alkanes of at least 4 members (excludes halogenated alkanes) is 12. The Morgan fingerprint density at radius 1 is 0.714 bits per heavy atom. The maximum absolute atomic E-state index is 10.2. The van der Waals surface area contributed by atoms with E-state index in [9.17, 15) is 9.90 Å². The Morgan fingerprint density at radius 3 is 1.62 bits per heavy atom. The van der Waals surface area contributed by atoms with E-state index in [1.165, 1.54) is 70.6 Å².